The molecule has 0 saturated carbocycles. The van der Waals surface area contributed by atoms with Crippen molar-refractivity contribution in [2.75, 3.05) is 0 Å². The Balaban J connectivity index is 0.00000363. The fraction of sp³-hybridized carbons (Fsp3) is 0. The minimum atomic E-state index is -5.08. The lowest BCUT2D eigenvalue weighted by Crippen LogP contribution is -2.30. The summed E-state index contributed by atoms with van der Waals surface area (Å²) in [6.45, 7) is 0. The van der Waals surface area contributed by atoms with Crippen LogP contribution in [-0.4, -0.2) is 38.9 Å². The van der Waals surface area contributed by atoms with Crippen LogP contribution in [0.4, 0.5) is 0 Å². The Morgan fingerprint density at radius 3 is 0.853 bits per heavy atom. The van der Waals surface area contributed by atoms with E-state index >= 15 is 0 Å². The summed E-state index contributed by atoms with van der Waals surface area (Å²) in [5.41, 5.74) is 0. The third-order valence-electron chi connectivity index (χ3n) is 4.13. The number of hydrogen-bond donors (Lipinski definition) is 3. The molecule has 0 aliphatic carbocycles. The summed E-state index contributed by atoms with van der Waals surface area (Å²) >= 11 is 0. The van der Waals surface area contributed by atoms with Crippen LogP contribution in [0.1, 0.15) is 0 Å². The van der Waals surface area contributed by atoms with E-state index in [4.69, 9.17) is 0 Å². The Morgan fingerprint density at radius 2 is 0.647 bits per heavy atom. The average molecular weight is 554 g/mol. The van der Waals surface area contributed by atoms with E-state index in [0.29, 0.717) is 0 Å². The highest BCUT2D eigenvalue weighted by atomic mass is 32.2. The molecule has 0 unspecified atom stereocenters. The molecule has 0 aromatic heterocycles. The van der Waals surface area contributed by atoms with E-state index in [0.717, 1.165) is 18.2 Å². The molecule has 0 saturated heterocycles. The van der Waals surface area contributed by atoms with Crippen molar-refractivity contribution >= 4 is 54.2 Å². The second-order valence-electron chi connectivity index (χ2n) is 6.10. The second kappa shape index (κ2) is 11.4. The van der Waals surface area contributed by atoms with E-state index in [1.54, 1.807) is 0 Å². The number of quaternary nitrogens is 3. The molecule has 0 spiro atoms. The Morgan fingerprint density at radius 1 is 0.441 bits per heavy atom. The number of hydrogen-bond acceptors (Lipinski definition) is 9. The van der Waals surface area contributed by atoms with Gasteiger partial charge in [-0.3, -0.25) is 0 Å². The highest BCUT2D eigenvalue weighted by Crippen LogP contribution is 2.39. The highest BCUT2D eigenvalue weighted by Gasteiger charge is 2.28. The van der Waals surface area contributed by atoms with Gasteiger partial charge >= 0.3 is 0 Å². The molecule has 0 atom stereocenters. The van der Waals surface area contributed by atoms with Crippen molar-refractivity contribution < 1.29 is 38.9 Å². The SMILES string of the molecule is O=S(=O)([O-])c1ccccc1P(c1ccccc1S(=O)(=O)[O-])c1ccccc1S(=O)(=O)[O-].[NH4+].[NH4+].[NH4+]. The van der Waals surface area contributed by atoms with Gasteiger partial charge in [0.15, 0.2) is 0 Å². The smallest absolute Gasteiger partial charge is 0.125 e. The van der Waals surface area contributed by atoms with Crippen LogP contribution >= 0.6 is 7.92 Å². The van der Waals surface area contributed by atoms with Crippen LogP contribution in [-0.2, 0) is 30.4 Å². The van der Waals surface area contributed by atoms with Crippen LogP contribution < -0.4 is 34.4 Å². The van der Waals surface area contributed by atoms with Crippen LogP contribution in [0.25, 0.3) is 0 Å². The third kappa shape index (κ3) is 6.64. The zero-order valence-corrected chi connectivity index (χ0v) is 21.6. The second-order valence-corrected chi connectivity index (χ2v) is 12.3. The Kier molecular flexibility index (Phi) is 10.6. The molecule has 12 N–H and O–H groups in total. The van der Waals surface area contributed by atoms with Gasteiger partial charge in [0, 0.05) is 15.9 Å². The fourth-order valence-electron chi connectivity index (χ4n) is 2.95. The molecule has 12 nitrogen and oxygen atoms in total. The maximum absolute atomic E-state index is 11.9. The average Bonchev–Trinajstić information content (AvgIpc) is 2.67. The Bertz CT molecular complexity index is 1300. The molecule has 16 heteroatoms. The van der Waals surface area contributed by atoms with Crippen molar-refractivity contribution in [3.63, 3.8) is 0 Å². The minimum absolute atomic E-state index is 0. The van der Waals surface area contributed by atoms with Crippen molar-refractivity contribution in [1.82, 2.24) is 18.5 Å². The van der Waals surface area contributed by atoms with Crippen molar-refractivity contribution in [2.24, 2.45) is 0 Å². The summed E-state index contributed by atoms with van der Waals surface area (Å²) in [6.07, 6.45) is 0. The predicted octanol–water partition coefficient (Wildman–Crippen LogP) is 1.29. The van der Waals surface area contributed by atoms with Gasteiger partial charge in [-0.05, 0) is 26.1 Å². The van der Waals surface area contributed by atoms with Crippen LogP contribution in [0.3, 0.4) is 0 Å². The van der Waals surface area contributed by atoms with Crippen LogP contribution in [0.2, 0.25) is 0 Å². The van der Waals surface area contributed by atoms with Gasteiger partial charge in [0.25, 0.3) is 0 Å². The van der Waals surface area contributed by atoms with E-state index < -0.39 is 53.0 Å². The van der Waals surface area contributed by atoms with Gasteiger partial charge in [-0.15, -0.1) is 0 Å². The van der Waals surface area contributed by atoms with Crippen molar-refractivity contribution in [3.05, 3.63) is 72.8 Å². The van der Waals surface area contributed by atoms with Crippen molar-refractivity contribution in [2.45, 2.75) is 14.7 Å². The van der Waals surface area contributed by atoms with Crippen LogP contribution in [0.15, 0.2) is 87.5 Å². The van der Waals surface area contributed by atoms with Crippen molar-refractivity contribution in [1.29, 1.82) is 0 Å². The largest absolute Gasteiger partial charge is 0.744 e. The lowest BCUT2D eigenvalue weighted by Gasteiger charge is -2.27. The molecule has 0 aliphatic rings. The zero-order chi connectivity index (χ0) is 23.0. The van der Waals surface area contributed by atoms with Gasteiger partial charge in [-0.2, -0.15) is 0 Å². The van der Waals surface area contributed by atoms with Gasteiger partial charge in [0.2, 0.25) is 0 Å². The maximum atomic E-state index is 11.9. The van der Waals surface area contributed by atoms with Gasteiger partial charge in [0.05, 0.1) is 14.7 Å². The van der Waals surface area contributed by atoms with E-state index in [9.17, 15) is 38.9 Å². The highest BCUT2D eigenvalue weighted by molar-refractivity contribution is 7.90. The van der Waals surface area contributed by atoms with Gasteiger partial charge in [-0.25, -0.2) is 25.3 Å². The number of rotatable bonds is 6. The molecule has 0 bridgehead atoms. The summed E-state index contributed by atoms with van der Waals surface area (Å²) in [6, 6.07) is 14.4. The third-order valence-corrected chi connectivity index (χ3v) is 9.88. The summed E-state index contributed by atoms with van der Waals surface area (Å²) in [5, 5.41) is -0.667. The van der Waals surface area contributed by atoms with E-state index in [1.165, 1.54) is 54.6 Å². The predicted molar refractivity (Wildman–Crippen MR) is 127 cm³/mol. The fourth-order valence-corrected chi connectivity index (χ4v) is 8.85. The first-order valence-electron chi connectivity index (χ1n) is 8.27. The molecular formula is C18H24N3O9PS3. The van der Waals surface area contributed by atoms with Crippen LogP contribution in [0, 0.1) is 0 Å². The summed E-state index contributed by atoms with van der Waals surface area (Å²) in [7, 11) is -17.7. The first-order valence-corrected chi connectivity index (χ1v) is 13.8. The van der Waals surface area contributed by atoms with Gasteiger partial charge in [0.1, 0.15) is 30.4 Å². The van der Waals surface area contributed by atoms with E-state index in [-0.39, 0.29) is 34.4 Å². The topological polar surface area (TPSA) is 281 Å². The number of benzene rings is 3. The summed E-state index contributed by atoms with van der Waals surface area (Å²) in [5.74, 6) is 0. The van der Waals surface area contributed by atoms with E-state index in [2.05, 4.69) is 0 Å². The first kappa shape index (κ1) is 31.7. The lowest BCUT2D eigenvalue weighted by molar-refractivity contribution is 0.461. The normalized spacial score (nSPS) is 11.6. The molecule has 3 aromatic carbocycles. The summed E-state index contributed by atoms with van der Waals surface area (Å²) < 4.78 is 107. The molecule has 3 aromatic rings. The molecule has 0 heterocycles. The molecule has 188 valence electrons. The molecule has 3 rings (SSSR count). The first-order chi connectivity index (χ1) is 14.3. The van der Waals surface area contributed by atoms with Gasteiger partial charge in [-0.1, -0.05) is 54.6 Å². The molecular weight excluding hydrogens is 529 g/mol. The zero-order valence-electron chi connectivity index (χ0n) is 18.3. The monoisotopic (exact) mass is 553 g/mol. The van der Waals surface area contributed by atoms with E-state index in [1.807, 2.05) is 0 Å². The van der Waals surface area contributed by atoms with Crippen molar-refractivity contribution in [3.8, 4) is 0 Å². The standard InChI is InChI=1S/C18H15O9PS3.3H3N/c19-29(20,21)16-10-4-1-7-13(16)28(14-8-2-5-11-17(14)30(22,23)24)15-9-3-6-12-18(15)31(25,26)27;;;/h1-12H,(H,19,20,21)(H,22,23,24)(H,25,26,27);3*1H3. The molecule has 0 fully saturated rings. The minimum Gasteiger partial charge on any atom is -0.744 e. The summed E-state index contributed by atoms with van der Waals surface area (Å²) in [4.78, 5) is -2.17. The Labute approximate surface area is 198 Å². The Hall–Kier alpha value is -2.30. The lowest BCUT2D eigenvalue weighted by atomic mass is 10.3. The quantitative estimate of drug-likeness (QED) is 0.292. The molecule has 0 aliphatic heterocycles. The molecule has 0 radical (unpaired) electrons. The maximum Gasteiger partial charge on any atom is 0.125 e. The van der Waals surface area contributed by atoms with Gasteiger partial charge < -0.3 is 32.1 Å². The molecule has 0 amide bonds. The van der Waals surface area contributed by atoms with Crippen LogP contribution in [0.5, 0.6) is 0 Å². The molecule has 34 heavy (non-hydrogen) atoms.